The Hall–Kier alpha value is -2.83. The number of nitrogens with one attached hydrogen (secondary N) is 1. The summed E-state index contributed by atoms with van der Waals surface area (Å²) in [5.74, 6) is -1.20. The minimum atomic E-state index is -1.20. The minimum Gasteiger partial charge on any atom is -0.478 e. The van der Waals surface area contributed by atoms with E-state index in [4.69, 9.17) is 9.52 Å². The number of carboxylic acid groups (broad SMARTS) is 1. The number of nitrogens with zero attached hydrogens (tertiary/aromatic N) is 1. The van der Waals surface area contributed by atoms with Gasteiger partial charge in [0.1, 0.15) is 5.69 Å². The van der Waals surface area contributed by atoms with Crippen molar-refractivity contribution in [1.29, 1.82) is 0 Å². The number of furan rings is 1. The highest BCUT2D eigenvalue weighted by atomic mass is 16.6. The van der Waals surface area contributed by atoms with E-state index in [1.54, 1.807) is 6.07 Å². The zero-order chi connectivity index (χ0) is 13.8. The summed E-state index contributed by atoms with van der Waals surface area (Å²) in [4.78, 5) is 21.1. The number of nitro groups is 1. The van der Waals surface area contributed by atoms with Crippen LogP contribution in [0.1, 0.15) is 15.9 Å². The Morgan fingerprint density at radius 2 is 2.21 bits per heavy atom. The molecule has 0 aliphatic heterocycles. The van der Waals surface area contributed by atoms with Crippen LogP contribution in [0.4, 0.5) is 11.4 Å². The van der Waals surface area contributed by atoms with Crippen LogP contribution in [0.2, 0.25) is 0 Å². The first-order valence-electron chi connectivity index (χ1n) is 5.34. The highest BCUT2D eigenvalue weighted by Crippen LogP contribution is 2.26. The molecule has 7 nitrogen and oxygen atoms in total. The topological polar surface area (TPSA) is 106 Å². The molecule has 0 aliphatic carbocycles. The maximum atomic E-state index is 10.9. The van der Waals surface area contributed by atoms with E-state index in [-0.39, 0.29) is 16.9 Å². The summed E-state index contributed by atoms with van der Waals surface area (Å²) in [5, 5.41) is 22.6. The van der Waals surface area contributed by atoms with Crippen molar-refractivity contribution in [2.75, 3.05) is 5.32 Å². The van der Waals surface area contributed by atoms with E-state index in [9.17, 15) is 14.9 Å². The summed E-state index contributed by atoms with van der Waals surface area (Å²) in [5.41, 5.74) is 0.691. The largest absolute Gasteiger partial charge is 0.478 e. The van der Waals surface area contributed by atoms with Crippen LogP contribution in [-0.2, 0) is 6.54 Å². The lowest BCUT2D eigenvalue weighted by atomic mass is 10.1. The zero-order valence-electron chi connectivity index (χ0n) is 9.70. The molecule has 0 amide bonds. The summed E-state index contributed by atoms with van der Waals surface area (Å²) >= 11 is 0. The van der Waals surface area contributed by atoms with Gasteiger partial charge in [-0.25, -0.2) is 4.79 Å². The van der Waals surface area contributed by atoms with Crippen LogP contribution in [-0.4, -0.2) is 16.0 Å². The van der Waals surface area contributed by atoms with Gasteiger partial charge in [0, 0.05) is 18.2 Å². The highest BCUT2D eigenvalue weighted by molar-refractivity contribution is 5.89. The van der Waals surface area contributed by atoms with Crippen molar-refractivity contribution in [2.45, 2.75) is 6.54 Å². The fraction of sp³-hybridized carbons (Fsp3) is 0.0833. The quantitative estimate of drug-likeness (QED) is 0.633. The van der Waals surface area contributed by atoms with Crippen molar-refractivity contribution in [3.8, 4) is 0 Å². The Morgan fingerprint density at radius 3 is 2.79 bits per heavy atom. The number of carboxylic acids is 1. The molecule has 0 atom stereocenters. The average Bonchev–Trinajstić information content (AvgIpc) is 2.89. The molecule has 1 aromatic carbocycles. The van der Waals surface area contributed by atoms with Crippen LogP contribution in [0.3, 0.4) is 0 Å². The van der Waals surface area contributed by atoms with Crippen LogP contribution in [0, 0.1) is 10.1 Å². The molecule has 0 fully saturated rings. The molecule has 0 spiro atoms. The summed E-state index contributed by atoms with van der Waals surface area (Å²) in [6, 6.07) is 5.44. The zero-order valence-corrected chi connectivity index (χ0v) is 9.70. The third-order valence-corrected chi connectivity index (χ3v) is 2.50. The lowest BCUT2D eigenvalue weighted by molar-refractivity contribution is -0.384. The van der Waals surface area contributed by atoms with E-state index in [0.29, 0.717) is 6.54 Å². The summed E-state index contributed by atoms with van der Waals surface area (Å²) < 4.78 is 4.88. The van der Waals surface area contributed by atoms with Crippen molar-refractivity contribution in [3.05, 3.63) is 58.0 Å². The normalized spacial score (nSPS) is 10.1. The van der Waals surface area contributed by atoms with E-state index in [2.05, 4.69) is 5.32 Å². The third-order valence-electron chi connectivity index (χ3n) is 2.50. The molecule has 1 heterocycles. The van der Waals surface area contributed by atoms with Gasteiger partial charge in [-0.2, -0.15) is 0 Å². The number of aromatic carboxylic acids is 1. The van der Waals surface area contributed by atoms with E-state index < -0.39 is 10.9 Å². The van der Waals surface area contributed by atoms with Gasteiger partial charge < -0.3 is 14.8 Å². The fourth-order valence-electron chi connectivity index (χ4n) is 1.56. The number of benzene rings is 1. The SMILES string of the molecule is O=C(O)c1ccc(NCc2ccoc2)c([N+](=O)[O-])c1. The van der Waals surface area contributed by atoms with Gasteiger partial charge in [-0.3, -0.25) is 10.1 Å². The number of hydrogen-bond acceptors (Lipinski definition) is 5. The van der Waals surface area contributed by atoms with E-state index >= 15 is 0 Å². The molecular formula is C12H10N2O5. The van der Waals surface area contributed by atoms with Gasteiger partial charge in [0.05, 0.1) is 23.0 Å². The van der Waals surface area contributed by atoms with Crippen molar-refractivity contribution in [3.63, 3.8) is 0 Å². The van der Waals surface area contributed by atoms with Gasteiger partial charge in [-0.15, -0.1) is 0 Å². The molecule has 0 saturated heterocycles. The molecule has 0 saturated carbocycles. The lowest BCUT2D eigenvalue weighted by Crippen LogP contribution is -2.04. The average molecular weight is 262 g/mol. The Morgan fingerprint density at radius 1 is 1.42 bits per heavy atom. The van der Waals surface area contributed by atoms with E-state index in [1.807, 2.05) is 0 Å². The molecule has 98 valence electrons. The maximum absolute atomic E-state index is 10.9. The second kappa shape index (κ2) is 5.21. The molecule has 0 aliphatic rings. The standard InChI is InChI=1S/C12H10N2O5/c15-12(16)9-1-2-10(11(5-9)14(17)18)13-6-8-3-4-19-7-8/h1-5,7,13H,6H2,(H,15,16). The van der Waals surface area contributed by atoms with Gasteiger partial charge in [-0.1, -0.05) is 0 Å². The molecule has 0 radical (unpaired) electrons. The van der Waals surface area contributed by atoms with E-state index in [0.717, 1.165) is 11.6 Å². The predicted octanol–water partition coefficient (Wildman–Crippen LogP) is 2.50. The number of anilines is 1. The first-order valence-corrected chi connectivity index (χ1v) is 5.34. The second-order valence-electron chi connectivity index (χ2n) is 3.78. The Balaban J connectivity index is 2.24. The molecule has 1 aromatic heterocycles. The second-order valence-corrected chi connectivity index (χ2v) is 3.78. The number of hydrogen-bond donors (Lipinski definition) is 2. The smallest absolute Gasteiger partial charge is 0.335 e. The fourth-order valence-corrected chi connectivity index (χ4v) is 1.56. The molecule has 2 rings (SSSR count). The van der Waals surface area contributed by atoms with Gasteiger partial charge in [-0.05, 0) is 18.2 Å². The molecule has 0 unspecified atom stereocenters. The summed E-state index contributed by atoms with van der Waals surface area (Å²) in [6.07, 6.45) is 3.02. The Bertz CT molecular complexity index is 607. The highest BCUT2D eigenvalue weighted by Gasteiger charge is 2.17. The first-order chi connectivity index (χ1) is 9.08. The van der Waals surface area contributed by atoms with Crippen LogP contribution in [0.25, 0.3) is 0 Å². The molecule has 2 N–H and O–H groups in total. The number of carbonyl (C=O) groups is 1. The van der Waals surface area contributed by atoms with Crippen LogP contribution in [0.15, 0.2) is 41.2 Å². The molecule has 19 heavy (non-hydrogen) atoms. The van der Waals surface area contributed by atoms with E-state index in [1.165, 1.54) is 24.7 Å². The molecule has 7 heteroatoms. The van der Waals surface area contributed by atoms with Gasteiger partial charge in [0.2, 0.25) is 0 Å². The van der Waals surface area contributed by atoms with Crippen molar-refractivity contribution in [1.82, 2.24) is 0 Å². The Labute approximate surface area is 107 Å². The lowest BCUT2D eigenvalue weighted by Gasteiger charge is -2.06. The summed E-state index contributed by atoms with van der Waals surface area (Å²) in [7, 11) is 0. The minimum absolute atomic E-state index is 0.124. The molecule has 2 aromatic rings. The predicted molar refractivity (Wildman–Crippen MR) is 66.1 cm³/mol. The Kier molecular flexibility index (Phi) is 3.46. The number of rotatable bonds is 5. The van der Waals surface area contributed by atoms with Crippen LogP contribution in [0.5, 0.6) is 0 Å². The van der Waals surface area contributed by atoms with Crippen LogP contribution < -0.4 is 5.32 Å². The third kappa shape index (κ3) is 2.89. The first kappa shape index (κ1) is 12.6. The summed E-state index contributed by atoms with van der Waals surface area (Å²) in [6.45, 7) is 0.351. The maximum Gasteiger partial charge on any atom is 0.335 e. The van der Waals surface area contributed by atoms with Gasteiger partial charge >= 0.3 is 5.97 Å². The number of nitro benzene ring substituents is 1. The molecule has 0 bridgehead atoms. The monoisotopic (exact) mass is 262 g/mol. The van der Waals surface area contributed by atoms with Gasteiger partial charge in [0.25, 0.3) is 5.69 Å². The molecular weight excluding hydrogens is 252 g/mol. The van der Waals surface area contributed by atoms with Crippen molar-refractivity contribution >= 4 is 17.3 Å². The van der Waals surface area contributed by atoms with Crippen molar-refractivity contribution in [2.24, 2.45) is 0 Å². The van der Waals surface area contributed by atoms with Crippen LogP contribution >= 0.6 is 0 Å². The van der Waals surface area contributed by atoms with Crippen molar-refractivity contribution < 1.29 is 19.2 Å². The van der Waals surface area contributed by atoms with Gasteiger partial charge in [0.15, 0.2) is 0 Å².